The second-order valence-corrected chi connectivity index (χ2v) is 5.96. The van der Waals surface area contributed by atoms with Crippen molar-refractivity contribution < 1.29 is 8.78 Å². The van der Waals surface area contributed by atoms with E-state index in [1.54, 1.807) is 6.07 Å². The lowest BCUT2D eigenvalue weighted by molar-refractivity contribution is 0.123. The van der Waals surface area contributed by atoms with Crippen LogP contribution in [-0.2, 0) is 0 Å². The Morgan fingerprint density at radius 1 is 1.27 bits per heavy atom. The summed E-state index contributed by atoms with van der Waals surface area (Å²) in [7, 11) is 1.99. The fourth-order valence-corrected chi connectivity index (χ4v) is 3.35. The normalized spacial score (nSPS) is 18.0. The van der Waals surface area contributed by atoms with E-state index < -0.39 is 11.6 Å². The Kier molecular flexibility index (Phi) is 8.29. The fourth-order valence-electron chi connectivity index (χ4n) is 3.35. The second-order valence-electron chi connectivity index (χ2n) is 5.96. The van der Waals surface area contributed by atoms with Crippen LogP contribution in [0.1, 0.15) is 44.2 Å². The lowest BCUT2D eigenvalue weighted by Gasteiger charge is -2.37. The Balaban J connectivity index is 0.00000242. The summed E-state index contributed by atoms with van der Waals surface area (Å²) in [6.07, 6.45) is 4.40. The first-order valence-electron chi connectivity index (χ1n) is 7.99. The van der Waals surface area contributed by atoms with Gasteiger partial charge in [-0.05, 0) is 64.3 Å². The Morgan fingerprint density at radius 3 is 2.50 bits per heavy atom. The Bertz CT molecular complexity index is 448. The number of nitrogens with one attached hydrogen (secondary N) is 1. The molecular formula is C17H27ClF2N2. The van der Waals surface area contributed by atoms with Crippen LogP contribution in [0.5, 0.6) is 0 Å². The predicted molar refractivity (Wildman–Crippen MR) is 89.5 cm³/mol. The molecule has 1 N–H and O–H groups in total. The summed E-state index contributed by atoms with van der Waals surface area (Å²) in [6.45, 7) is 5.14. The molecule has 22 heavy (non-hydrogen) atoms. The molecule has 0 aromatic heterocycles. The van der Waals surface area contributed by atoms with Gasteiger partial charge in [0.2, 0.25) is 0 Å². The summed E-state index contributed by atoms with van der Waals surface area (Å²) < 4.78 is 27.1. The van der Waals surface area contributed by atoms with Crippen molar-refractivity contribution in [1.82, 2.24) is 10.2 Å². The molecular weight excluding hydrogens is 306 g/mol. The van der Waals surface area contributed by atoms with Crippen molar-refractivity contribution in [3.05, 3.63) is 35.4 Å². The summed E-state index contributed by atoms with van der Waals surface area (Å²) in [6, 6.07) is 4.03. The molecule has 0 saturated carbocycles. The van der Waals surface area contributed by atoms with Crippen LogP contribution in [0.2, 0.25) is 0 Å². The molecule has 2 nitrogen and oxygen atoms in total. The number of piperidine rings is 1. The molecule has 0 bridgehead atoms. The Morgan fingerprint density at radius 2 is 1.95 bits per heavy atom. The van der Waals surface area contributed by atoms with E-state index in [4.69, 9.17) is 0 Å². The number of rotatable bonds is 6. The summed E-state index contributed by atoms with van der Waals surface area (Å²) in [5, 5.41) is 3.20. The molecule has 1 heterocycles. The summed E-state index contributed by atoms with van der Waals surface area (Å²) in [5.74, 6) is -0.152. The largest absolute Gasteiger partial charge is 0.320 e. The molecule has 5 heteroatoms. The van der Waals surface area contributed by atoms with Crippen molar-refractivity contribution in [3.8, 4) is 0 Å². The standard InChI is InChI=1S/C17H26F2N2.ClH/c1-3-17(15-5-4-14(18)12-16(15)19)21-10-7-13(8-11-21)6-9-20-2;/h4-5,12-13,17,20H,3,6-11H2,1-2H3;1H. The second kappa shape index (κ2) is 9.43. The van der Waals surface area contributed by atoms with Crippen molar-refractivity contribution in [2.24, 2.45) is 5.92 Å². The average molecular weight is 333 g/mol. The molecule has 2 rings (SSSR count). The van der Waals surface area contributed by atoms with E-state index in [0.29, 0.717) is 5.56 Å². The highest BCUT2D eigenvalue weighted by molar-refractivity contribution is 5.85. The van der Waals surface area contributed by atoms with E-state index in [9.17, 15) is 8.78 Å². The number of hydrogen-bond donors (Lipinski definition) is 1. The smallest absolute Gasteiger partial charge is 0.130 e. The molecule has 1 aromatic carbocycles. The number of nitrogens with zero attached hydrogens (tertiary/aromatic N) is 1. The minimum atomic E-state index is -0.503. The van der Waals surface area contributed by atoms with Gasteiger partial charge in [-0.3, -0.25) is 4.90 Å². The number of benzene rings is 1. The molecule has 1 fully saturated rings. The molecule has 0 amide bonds. The first kappa shape index (κ1) is 19.3. The van der Waals surface area contributed by atoms with Gasteiger partial charge < -0.3 is 5.32 Å². The van der Waals surface area contributed by atoms with Crippen LogP contribution in [0.3, 0.4) is 0 Å². The number of likely N-dealkylation sites (tertiary alicyclic amines) is 1. The fraction of sp³-hybridized carbons (Fsp3) is 0.647. The molecule has 0 spiro atoms. The van der Waals surface area contributed by atoms with Crippen LogP contribution in [0, 0.1) is 17.6 Å². The van der Waals surface area contributed by atoms with Gasteiger partial charge in [-0.2, -0.15) is 0 Å². The molecule has 0 aliphatic carbocycles. The van der Waals surface area contributed by atoms with Crippen LogP contribution in [0.15, 0.2) is 18.2 Å². The van der Waals surface area contributed by atoms with Crippen LogP contribution in [0.4, 0.5) is 8.78 Å². The number of hydrogen-bond acceptors (Lipinski definition) is 2. The van der Waals surface area contributed by atoms with E-state index in [1.807, 2.05) is 7.05 Å². The monoisotopic (exact) mass is 332 g/mol. The molecule has 0 radical (unpaired) electrons. The van der Waals surface area contributed by atoms with Gasteiger partial charge in [-0.25, -0.2) is 8.78 Å². The van der Waals surface area contributed by atoms with Gasteiger partial charge in [0.1, 0.15) is 11.6 Å². The number of halogens is 3. The van der Waals surface area contributed by atoms with Crippen LogP contribution >= 0.6 is 12.4 Å². The summed E-state index contributed by atoms with van der Waals surface area (Å²) in [4.78, 5) is 2.35. The highest BCUT2D eigenvalue weighted by Crippen LogP contribution is 2.31. The maximum absolute atomic E-state index is 14.0. The third kappa shape index (κ3) is 4.90. The maximum atomic E-state index is 14.0. The van der Waals surface area contributed by atoms with Gasteiger partial charge in [0.15, 0.2) is 0 Å². The minimum absolute atomic E-state index is 0. The van der Waals surface area contributed by atoms with E-state index >= 15 is 0 Å². The molecule has 1 unspecified atom stereocenters. The third-order valence-electron chi connectivity index (χ3n) is 4.60. The van der Waals surface area contributed by atoms with Crippen molar-refractivity contribution in [3.63, 3.8) is 0 Å². The highest BCUT2D eigenvalue weighted by atomic mass is 35.5. The van der Waals surface area contributed by atoms with Gasteiger partial charge >= 0.3 is 0 Å². The van der Waals surface area contributed by atoms with Crippen LogP contribution in [0.25, 0.3) is 0 Å². The Hall–Kier alpha value is -0.710. The Labute approximate surface area is 138 Å². The molecule has 126 valence electrons. The topological polar surface area (TPSA) is 15.3 Å². The van der Waals surface area contributed by atoms with E-state index in [-0.39, 0.29) is 18.4 Å². The van der Waals surface area contributed by atoms with Crippen LogP contribution < -0.4 is 5.32 Å². The quantitative estimate of drug-likeness (QED) is 0.841. The molecule has 1 aromatic rings. The zero-order valence-corrected chi connectivity index (χ0v) is 14.3. The van der Waals surface area contributed by atoms with Crippen molar-refractivity contribution in [1.29, 1.82) is 0 Å². The van der Waals surface area contributed by atoms with Gasteiger partial charge in [0.05, 0.1) is 0 Å². The van der Waals surface area contributed by atoms with Gasteiger partial charge in [0.25, 0.3) is 0 Å². The first-order chi connectivity index (χ1) is 10.2. The zero-order valence-electron chi connectivity index (χ0n) is 13.4. The summed E-state index contributed by atoms with van der Waals surface area (Å²) in [5.41, 5.74) is 0.632. The molecule has 1 aliphatic rings. The summed E-state index contributed by atoms with van der Waals surface area (Å²) >= 11 is 0. The highest BCUT2D eigenvalue weighted by Gasteiger charge is 2.26. The molecule has 1 saturated heterocycles. The molecule has 1 atom stereocenters. The predicted octanol–water partition coefficient (Wildman–Crippen LogP) is 4.16. The van der Waals surface area contributed by atoms with Gasteiger partial charge in [-0.15, -0.1) is 12.4 Å². The third-order valence-corrected chi connectivity index (χ3v) is 4.60. The maximum Gasteiger partial charge on any atom is 0.130 e. The minimum Gasteiger partial charge on any atom is -0.320 e. The van der Waals surface area contributed by atoms with Crippen molar-refractivity contribution >= 4 is 12.4 Å². The lowest BCUT2D eigenvalue weighted by atomic mass is 9.91. The van der Waals surface area contributed by atoms with Crippen molar-refractivity contribution in [2.45, 2.75) is 38.6 Å². The molecule has 1 aliphatic heterocycles. The van der Waals surface area contributed by atoms with Crippen molar-refractivity contribution in [2.75, 3.05) is 26.7 Å². The zero-order chi connectivity index (χ0) is 15.2. The van der Waals surface area contributed by atoms with E-state index in [1.165, 1.54) is 25.3 Å². The van der Waals surface area contributed by atoms with Gasteiger partial charge in [-0.1, -0.05) is 13.0 Å². The lowest BCUT2D eigenvalue weighted by Crippen LogP contribution is -2.37. The van der Waals surface area contributed by atoms with E-state index in [0.717, 1.165) is 38.0 Å². The first-order valence-corrected chi connectivity index (χ1v) is 7.99. The van der Waals surface area contributed by atoms with E-state index in [2.05, 4.69) is 17.1 Å². The van der Waals surface area contributed by atoms with Crippen LogP contribution in [-0.4, -0.2) is 31.6 Å². The van der Waals surface area contributed by atoms with Gasteiger partial charge in [0, 0.05) is 17.7 Å². The average Bonchev–Trinajstić information content (AvgIpc) is 2.49. The SMILES string of the molecule is CCC(c1ccc(F)cc1F)N1CCC(CCNC)CC1.Cl.